The Hall–Kier alpha value is -2.52. The van der Waals surface area contributed by atoms with Crippen LogP contribution in [0.15, 0.2) is 39.3 Å². The topological polar surface area (TPSA) is 96.0 Å². The Morgan fingerprint density at radius 3 is 1.71 bits per heavy atom. The molecular weight excluding hydrogens is 500 g/mol. The Morgan fingerprint density at radius 2 is 1.18 bits per heavy atom. The van der Waals surface area contributed by atoms with Crippen molar-refractivity contribution < 1.29 is 33.4 Å². The molecule has 0 amide bonds. The molecule has 0 aliphatic carbocycles. The van der Waals surface area contributed by atoms with Gasteiger partial charge in [0.2, 0.25) is 0 Å². The number of hydrogen-bond acceptors (Lipinski definition) is 7. The van der Waals surface area contributed by atoms with E-state index in [1.807, 2.05) is 0 Å². The molecule has 0 heterocycles. The fourth-order valence-electron chi connectivity index (χ4n) is 2.25. The van der Waals surface area contributed by atoms with E-state index in [0.717, 1.165) is 0 Å². The van der Waals surface area contributed by atoms with E-state index in [0.29, 0.717) is 8.95 Å². The van der Waals surface area contributed by atoms with Crippen LogP contribution < -0.4 is 14.2 Å². The fraction of sp³-hybridized carbons (Fsp3) is 0.158. The van der Waals surface area contributed by atoms with Gasteiger partial charge in [0.15, 0.2) is 17.3 Å². The minimum atomic E-state index is -0.655. The summed E-state index contributed by atoms with van der Waals surface area (Å²) in [7, 11) is 0. The minimum Gasteiger partial charge on any atom is -0.426 e. The predicted molar refractivity (Wildman–Crippen MR) is 106 cm³/mol. The molecule has 0 aliphatic heterocycles. The molecule has 0 spiro atoms. The maximum Gasteiger partial charge on any atom is 0.308 e. The average molecular weight is 514 g/mol. The molecule has 2 rings (SSSR count). The molecule has 146 valence electrons. The van der Waals surface area contributed by atoms with Crippen LogP contribution in [0, 0.1) is 0 Å². The monoisotopic (exact) mass is 512 g/mol. The van der Waals surface area contributed by atoms with Crippen LogP contribution in [0.2, 0.25) is 0 Å². The molecule has 0 bridgehead atoms. The molecule has 0 radical (unpaired) electrons. The fourth-order valence-corrected chi connectivity index (χ4v) is 3.11. The van der Waals surface area contributed by atoms with Crippen molar-refractivity contribution in [2.24, 2.45) is 0 Å². The van der Waals surface area contributed by atoms with E-state index in [4.69, 9.17) is 14.2 Å². The van der Waals surface area contributed by atoms with Crippen LogP contribution in [0.4, 0.5) is 0 Å². The Bertz CT molecular complexity index is 982. The highest BCUT2D eigenvalue weighted by Crippen LogP contribution is 2.36. The van der Waals surface area contributed by atoms with Crippen LogP contribution in [-0.4, -0.2) is 23.7 Å². The van der Waals surface area contributed by atoms with E-state index in [-0.39, 0.29) is 28.4 Å². The minimum absolute atomic E-state index is 0.0272. The average Bonchev–Trinajstić information content (AvgIpc) is 2.57. The van der Waals surface area contributed by atoms with Crippen molar-refractivity contribution >= 4 is 55.6 Å². The highest BCUT2D eigenvalue weighted by Gasteiger charge is 2.23. The molecule has 7 nitrogen and oxygen atoms in total. The van der Waals surface area contributed by atoms with Crippen molar-refractivity contribution in [3.8, 4) is 17.2 Å². The number of carbonyl (C=O) groups excluding carboxylic acids is 4. The van der Waals surface area contributed by atoms with Gasteiger partial charge in [-0.05, 0) is 46.3 Å². The summed E-state index contributed by atoms with van der Waals surface area (Å²) in [4.78, 5) is 47.1. The van der Waals surface area contributed by atoms with Gasteiger partial charge < -0.3 is 14.2 Å². The number of ether oxygens (including phenoxy) is 3. The summed E-state index contributed by atoms with van der Waals surface area (Å²) in [5, 5.41) is 0. The van der Waals surface area contributed by atoms with Crippen LogP contribution in [-0.2, 0) is 14.4 Å². The summed E-state index contributed by atoms with van der Waals surface area (Å²) >= 11 is 6.53. The van der Waals surface area contributed by atoms with E-state index in [1.54, 1.807) is 6.07 Å². The Labute approximate surface area is 177 Å². The highest BCUT2D eigenvalue weighted by atomic mass is 79.9. The first kappa shape index (κ1) is 21.8. The number of esters is 3. The summed E-state index contributed by atoms with van der Waals surface area (Å²) in [6.07, 6.45) is 0. The van der Waals surface area contributed by atoms with Crippen molar-refractivity contribution in [2.75, 3.05) is 0 Å². The quantitative estimate of drug-likeness (QED) is 0.335. The van der Waals surface area contributed by atoms with Gasteiger partial charge in [0.1, 0.15) is 5.75 Å². The van der Waals surface area contributed by atoms with E-state index in [9.17, 15) is 19.2 Å². The van der Waals surface area contributed by atoms with Gasteiger partial charge in [-0.15, -0.1) is 0 Å². The summed E-state index contributed by atoms with van der Waals surface area (Å²) in [5.74, 6) is -2.42. The number of benzene rings is 2. The van der Waals surface area contributed by atoms with Gasteiger partial charge >= 0.3 is 17.9 Å². The second-order valence-electron chi connectivity index (χ2n) is 5.53. The zero-order valence-electron chi connectivity index (χ0n) is 15.0. The first-order chi connectivity index (χ1) is 13.1. The number of hydrogen-bond donors (Lipinski definition) is 0. The molecule has 28 heavy (non-hydrogen) atoms. The van der Waals surface area contributed by atoms with Gasteiger partial charge in [-0.25, -0.2) is 0 Å². The van der Waals surface area contributed by atoms with E-state index in [2.05, 4.69) is 31.9 Å². The van der Waals surface area contributed by atoms with Crippen molar-refractivity contribution in [3.05, 3.63) is 50.4 Å². The number of carbonyl (C=O) groups is 4. The maximum atomic E-state index is 13.1. The lowest BCUT2D eigenvalue weighted by atomic mass is 10.0. The van der Waals surface area contributed by atoms with Crippen molar-refractivity contribution in [1.29, 1.82) is 0 Å². The molecule has 0 saturated heterocycles. The summed E-state index contributed by atoms with van der Waals surface area (Å²) < 4.78 is 16.1. The largest absolute Gasteiger partial charge is 0.426 e. The SMILES string of the molecule is CC(=O)Oc1cc(Br)c(C(=O)c2cc(Br)ccc2OC(C)=O)cc1OC(C)=O. The van der Waals surface area contributed by atoms with E-state index < -0.39 is 23.7 Å². The van der Waals surface area contributed by atoms with Gasteiger partial charge in [-0.3, -0.25) is 19.2 Å². The van der Waals surface area contributed by atoms with Gasteiger partial charge in [-0.1, -0.05) is 15.9 Å². The lowest BCUT2D eigenvalue weighted by Crippen LogP contribution is -2.11. The third-order valence-electron chi connectivity index (χ3n) is 3.23. The molecule has 9 heteroatoms. The van der Waals surface area contributed by atoms with Gasteiger partial charge in [-0.2, -0.15) is 0 Å². The van der Waals surface area contributed by atoms with Gasteiger partial charge in [0.05, 0.1) is 5.56 Å². The summed E-state index contributed by atoms with van der Waals surface area (Å²) in [6.45, 7) is 3.59. The molecular formula is C19H14Br2O7. The Morgan fingerprint density at radius 1 is 0.679 bits per heavy atom. The zero-order valence-corrected chi connectivity index (χ0v) is 18.2. The summed E-state index contributed by atoms with van der Waals surface area (Å²) in [5.41, 5.74) is 0.220. The van der Waals surface area contributed by atoms with Crippen LogP contribution in [0.3, 0.4) is 0 Å². The Balaban J connectivity index is 2.59. The molecule has 0 saturated carbocycles. The van der Waals surface area contributed by atoms with Crippen LogP contribution in [0.5, 0.6) is 17.2 Å². The third-order valence-corrected chi connectivity index (χ3v) is 4.37. The van der Waals surface area contributed by atoms with Crippen molar-refractivity contribution in [2.45, 2.75) is 20.8 Å². The van der Waals surface area contributed by atoms with E-state index in [1.165, 1.54) is 45.0 Å². The van der Waals surface area contributed by atoms with Crippen LogP contribution in [0.25, 0.3) is 0 Å². The first-order valence-electron chi connectivity index (χ1n) is 7.81. The molecule has 0 fully saturated rings. The highest BCUT2D eigenvalue weighted by molar-refractivity contribution is 9.10. The molecule has 0 aliphatic rings. The zero-order chi connectivity index (χ0) is 21.0. The van der Waals surface area contributed by atoms with Crippen molar-refractivity contribution in [3.63, 3.8) is 0 Å². The molecule has 0 atom stereocenters. The van der Waals surface area contributed by atoms with Gasteiger partial charge in [0, 0.05) is 35.3 Å². The standard InChI is InChI=1S/C19H14Br2O7/c1-9(22)26-16-5-4-12(20)6-14(16)19(25)13-7-17(27-10(2)23)18(8-15(13)21)28-11(3)24/h4-8H,1-3H3. The first-order valence-corrected chi connectivity index (χ1v) is 9.40. The maximum absolute atomic E-state index is 13.1. The lowest BCUT2D eigenvalue weighted by molar-refractivity contribution is -0.134. The second-order valence-corrected chi connectivity index (χ2v) is 7.30. The number of rotatable bonds is 5. The summed E-state index contributed by atoms with van der Waals surface area (Å²) in [6, 6.07) is 7.21. The predicted octanol–water partition coefficient (Wildman–Crippen LogP) is 4.22. The molecule has 0 N–H and O–H groups in total. The molecule has 2 aromatic carbocycles. The molecule has 0 unspecified atom stereocenters. The van der Waals surface area contributed by atoms with Crippen molar-refractivity contribution in [1.82, 2.24) is 0 Å². The number of ketones is 1. The second kappa shape index (κ2) is 9.11. The van der Waals surface area contributed by atoms with Crippen LogP contribution >= 0.6 is 31.9 Å². The Kier molecular flexibility index (Phi) is 7.09. The van der Waals surface area contributed by atoms with E-state index >= 15 is 0 Å². The smallest absolute Gasteiger partial charge is 0.308 e. The molecule has 2 aromatic rings. The molecule has 0 aromatic heterocycles. The van der Waals surface area contributed by atoms with Crippen LogP contribution in [0.1, 0.15) is 36.7 Å². The normalized spacial score (nSPS) is 10.2. The van der Waals surface area contributed by atoms with Gasteiger partial charge in [0.25, 0.3) is 0 Å². The number of halogens is 2. The third kappa shape index (κ3) is 5.49. The lowest BCUT2D eigenvalue weighted by Gasteiger charge is -2.13.